The molecule has 1 heterocycles. The molecule has 1 N–H and O–H groups in total. The third-order valence-corrected chi connectivity index (χ3v) is 5.12. The van der Waals surface area contributed by atoms with Gasteiger partial charge in [-0.05, 0) is 30.5 Å². The van der Waals surface area contributed by atoms with Crippen LogP contribution < -0.4 is 10.1 Å². The molecule has 0 bridgehead atoms. The fourth-order valence-corrected chi connectivity index (χ4v) is 3.56. The lowest BCUT2D eigenvalue weighted by molar-refractivity contribution is -0.159. The Labute approximate surface area is 177 Å². The van der Waals surface area contributed by atoms with Gasteiger partial charge in [0.25, 0.3) is 5.91 Å². The number of methoxy groups -OCH3 is 1. The number of unbranched alkanes of at least 4 members (excludes halogenated alkanes) is 1. The summed E-state index contributed by atoms with van der Waals surface area (Å²) >= 11 is 0. The number of esters is 1. The standard InChI is InChI=1S/C22H29N3O5/c1-3-4-14-25-20(27)11-10-18(21(25)16-6-8-17(29-2)9-7-16)22(28)30-15-19(26)24-13-5-12-23/h6-9,18,21H,3-5,10-11,13-15H2,1-2H3,(H,24,26)/t18-,21+/m1/s1. The Balaban J connectivity index is 2.17. The molecule has 0 unspecified atom stereocenters. The molecule has 1 saturated heterocycles. The minimum atomic E-state index is -0.556. The Kier molecular flexibility index (Phi) is 9.13. The van der Waals surface area contributed by atoms with Crippen LogP contribution in [0.4, 0.5) is 0 Å². The minimum Gasteiger partial charge on any atom is -0.497 e. The van der Waals surface area contributed by atoms with E-state index in [-0.39, 0.29) is 25.3 Å². The van der Waals surface area contributed by atoms with E-state index in [0.29, 0.717) is 18.7 Å². The first-order valence-electron chi connectivity index (χ1n) is 10.3. The van der Waals surface area contributed by atoms with Crippen LogP contribution in [-0.2, 0) is 19.1 Å². The molecule has 8 heteroatoms. The van der Waals surface area contributed by atoms with Gasteiger partial charge in [-0.2, -0.15) is 5.26 Å². The maximum Gasteiger partial charge on any atom is 0.311 e. The zero-order chi connectivity index (χ0) is 21.9. The van der Waals surface area contributed by atoms with E-state index in [4.69, 9.17) is 14.7 Å². The number of nitriles is 1. The quantitative estimate of drug-likeness (QED) is 0.464. The van der Waals surface area contributed by atoms with Crippen molar-refractivity contribution in [2.45, 2.75) is 45.1 Å². The molecule has 1 aliphatic rings. The molecule has 0 saturated carbocycles. The maximum atomic E-state index is 12.8. The number of amides is 2. The average Bonchev–Trinajstić information content (AvgIpc) is 2.76. The van der Waals surface area contributed by atoms with Gasteiger partial charge in [-0.15, -0.1) is 0 Å². The number of carbonyl (C=O) groups excluding carboxylic acids is 3. The molecule has 162 valence electrons. The molecule has 0 aliphatic carbocycles. The molecule has 8 nitrogen and oxygen atoms in total. The SMILES string of the molecule is CCCCN1C(=O)CC[C@@H](C(=O)OCC(=O)NCCC#N)[C@@H]1c1ccc(OC)cc1. The summed E-state index contributed by atoms with van der Waals surface area (Å²) in [7, 11) is 1.58. The molecular weight excluding hydrogens is 386 g/mol. The van der Waals surface area contributed by atoms with Gasteiger partial charge in [-0.25, -0.2) is 0 Å². The molecule has 0 radical (unpaired) electrons. The third kappa shape index (κ3) is 6.21. The van der Waals surface area contributed by atoms with E-state index in [1.54, 1.807) is 24.1 Å². The molecule has 2 rings (SSSR count). The number of nitrogens with zero attached hydrogens (tertiary/aromatic N) is 2. The van der Waals surface area contributed by atoms with Crippen molar-refractivity contribution in [2.24, 2.45) is 5.92 Å². The summed E-state index contributed by atoms with van der Waals surface area (Å²) in [5.41, 5.74) is 0.834. The zero-order valence-electron chi connectivity index (χ0n) is 17.6. The smallest absolute Gasteiger partial charge is 0.311 e. The topological polar surface area (TPSA) is 109 Å². The second-order valence-corrected chi connectivity index (χ2v) is 7.17. The van der Waals surface area contributed by atoms with E-state index in [9.17, 15) is 14.4 Å². The molecule has 0 aromatic heterocycles. The van der Waals surface area contributed by atoms with E-state index in [1.807, 2.05) is 25.1 Å². The summed E-state index contributed by atoms with van der Waals surface area (Å²) in [5.74, 6) is -0.800. The van der Waals surface area contributed by atoms with Crippen LogP contribution in [0.5, 0.6) is 5.75 Å². The molecule has 1 aromatic carbocycles. The van der Waals surface area contributed by atoms with E-state index >= 15 is 0 Å². The highest BCUT2D eigenvalue weighted by molar-refractivity contribution is 5.84. The van der Waals surface area contributed by atoms with E-state index in [1.165, 1.54) is 0 Å². The largest absolute Gasteiger partial charge is 0.497 e. The van der Waals surface area contributed by atoms with Crippen molar-refractivity contribution in [1.29, 1.82) is 5.26 Å². The molecular formula is C22H29N3O5. The van der Waals surface area contributed by atoms with Crippen molar-refractivity contribution in [3.63, 3.8) is 0 Å². The van der Waals surface area contributed by atoms with Crippen LogP contribution in [0.2, 0.25) is 0 Å². The summed E-state index contributed by atoms with van der Waals surface area (Å²) in [6.45, 7) is 2.42. The average molecular weight is 415 g/mol. The molecule has 1 aromatic rings. The monoisotopic (exact) mass is 415 g/mol. The second kappa shape index (κ2) is 11.8. The van der Waals surface area contributed by atoms with Crippen LogP contribution in [0.1, 0.15) is 50.6 Å². The highest BCUT2D eigenvalue weighted by Gasteiger charge is 2.41. The number of ether oxygens (including phenoxy) is 2. The van der Waals surface area contributed by atoms with Crippen LogP contribution in [-0.4, -0.2) is 49.5 Å². The Bertz CT molecular complexity index is 772. The van der Waals surface area contributed by atoms with Crippen molar-refractivity contribution in [3.8, 4) is 11.8 Å². The van der Waals surface area contributed by atoms with Gasteiger partial charge < -0.3 is 19.7 Å². The van der Waals surface area contributed by atoms with Crippen LogP contribution in [0, 0.1) is 17.2 Å². The van der Waals surface area contributed by atoms with E-state index in [2.05, 4.69) is 5.32 Å². The van der Waals surface area contributed by atoms with Crippen LogP contribution in [0.3, 0.4) is 0 Å². The van der Waals surface area contributed by atoms with Crippen LogP contribution in [0.25, 0.3) is 0 Å². The van der Waals surface area contributed by atoms with Gasteiger partial charge in [0.05, 0.1) is 31.6 Å². The predicted molar refractivity (Wildman–Crippen MR) is 109 cm³/mol. The maximum absolute atomic E-state index is 12.8. The van der Waals surface area contributed by atoms with E-state index in [0.717, 1.165) is 18.4 Å². The first kappa shape index (κ1) is 23.2. The summed E-state index contributed by atoms with van der Waals surface area (Å²) in [4.78, 5) is 39.1. The molecule has 0 spiro atoms. The predicted octanol–water partition coefficient (Wildman–Crippen LogP) is 2.35. The number of hydrogen-bond acceptors (Lipinski definition) is 6. The lowest BCUT2D eigenvalue weighted by atomic mass is 9.84. The number of likely N-dealkylation sites (tertiary alicyclic amines) is 1. The number of carbonyl (C=O) groups is 3. The molecule has 2 atom stereocenters. The first-order valence-corrected chi connectivity index (χ1v) is 10.3. The zero-order valence-corrected chi connectivity index (χ0v) is 17.6. The first-order chi connectivity index (χ1) is 14.5. The van der Waals surface area contributed by atoms with Gasteiger partial charge in [0.15, 0.2) is 6.61 Å². The number of nitrogens with one attached hydrogen (secondary N) is 1. The van der Waals surface area contributed by atoms with Crippen molar-refractivity contribution >= 4 is 17.8 Å². The highest BCUT2D eigenvalue weighted by atomic mass is 16.5. The molecule has 30 heavy (non-hydrogen) atoms. The fraction of sp³-hybridized carbons (Fsp3) is 0.545. The van der Waals surface area contributed by atoms with Crippen LogP contribution in [0.15, 0.2) is 24.3 Å². The summed E-state index contributed by atoms with van der Waals surface area (Å²) in [6, 6.07) is 8.80. The van der Waals surface area contributed by atoms with Gasteiger partial charge in [-0.1, -0.05) is 25.5 Å². The summed E-state index contributed by atoms with van der Waals surface area (Å²) < 4.78 is 10.5. The number of rotatable bonds is 10. The number of benzene rings is 1. The minimum absolute atomic E-state index is 0.0163. The highest BCUT2D eigenvalue weighted by Crippen LogP contribution is 2.38. The molecule has 2 amide bonds. The number of piperidine rings is 1. The Hall–Kier alpha value is -3.08. The Morgan fingerprint density at radius 2 is 2.03 bits per heavy atom. The van der Waals surface area contributed by atoms with E-state index < -0.39 is 30.4 Å². The Morgan fingerprint density at radius 3 is 2.67 bits per heavy atom. The van der Waals surface area contributed by atoms with Gasteiger partial charge in [-0.3, -0.25) is 14.4 Å². The Morgan fingerprint density at radius 1 is 1.30 bits per heavy atom. The molecule has 1 aliphatic heterocycles. The van der Waals surface area contributed by atoms with Crippen molar-refractivity contribution in [2.75, 3.05) is 26.8 Å². The third-order valence-electron chi connectivity index (χ3n) is 5.12. The lowest BCUT2D eigenvalue weighted by Crippen LogP contribution is -2.46. The lowest BCUT2D eigenvalue weighted by Gasteiger charge is -2.40. The summed E-state index contributed by atoms with van der Waals surface area (Å²) in [5, 5.41) is 11.0. The van der Waals surface area contributed by atoms with Gasteiger partial charge in [0.2, 0.25) is 5.91 Å². The van der Waals surface area contributed by atoms with Crippen molar-refractivity contribution in [1.82, 2.24) is 10.2 Å². The second-order valence-electron chi connectivity index (χ2n) is 7.17. The van der Waals surface area contributed by atoms with Gasteiger partial charge >= 0.3 is 5.97 Å². The summed E-state index contributed by atoms with van der Waals surface area (Å²) in [6.07, 6.45) is 2.59. The normalized spacial score (nSPS) is 18.4. The van der Waals surface area contributed by atoms with Crippen molar-refractivity contribution < 1.29 is 23.9 Å². The van der Waals surface area contributed by atoms with Gasteiger partial charge in [0, 0.05) is 19.5 Å². The van der Waals surface area contributed by atoms with Crippen LogP contribution >= 0.6 is 0 Å². The van der Waals surface area contributed by atoms with Crippen molar-refractivity contribution in [3.05, 3.63) is 29.8 Å². The molecule has 1 fully saturated rings. The van der Waals surface area contributed by atoms with Gasteiger partial charge in [0.1, 0.15) is 5.75 Å². The number of hydrogen-bond donors (Lipinski definition) is 1. The fourth-order valence-electron chi connectivity index (χ4n) is 3.56.